The zero-order chi connectivity index (χ0) is 14.6. The molecule has 0 amide bonds. The third-order valence-corrected chi connectivity index (χ3v) is 3.56. The number of nitrogens with zero attached hydrogens (tertiary/aromatic N) is 1. The summed E-state index contributed by atoms with van der Waals surface area (Å²) in [6.45, 7) is 5.30. The lowest BCUT2D eigenvalue weighted by atomic mass is 10.2. The summed E-state index contributed by atoms with van der Waals surface area (Å²) >= 11 is 1.85. The lowest BCUT2D eigenvalue weighted by Gasteiger charge is -2.12. The monoisotopic (exact) mass is 293 g/mol. The van der Waals surface area contributed by atoms with Gasteiger partial charge < -0.3 is 15.4 Å². The van der Waals surface area contributed by atoms with Crippen molar-refractivity contribution in [1.29, 1.82) is 0 Å². The van der Waals surface area contributed by atoms with E-state index in [1.807, 2.05) is 36.0 Å². The van der Waals surface area contributed by atoms with Crippen molar-refractivity contribution in [3.63, 3.8) is 0 Å². The van der Waals surface area contributed by atoms with E-state index in [2.05, 4.69) is 28.3 Å². The maximum absolute atomic E-state index is 5.21. The molecule has 5 heteroatoms. The summed E-state index contributed by atoms with van der Waals surface area (Å²) in [7, 11) is 3.45. The molecule has 1 aromatic carbocycles. The van der Waals surface area contributed by atoms with Crippen LogP contribution in [-0.2, 0) is 6.54 Å². The summed E-state index contributed by atoms with van der Waals surface area (Å²) < 4.78 is 5.21. The van der Waals surface area contributed by atoms with Crippen LogP contribution < -0.4 is 15.4 Å². The van der Waals surface area contributed by atoms with Gasteiger partial charge in [-0.2, -0.15) is 11.8 Å². The van der Waals surface area contributed by atoms with Gasteiger partial charge in [0.15, 0.2) is 5.96 Å². The molecule has 0 saturated carbocycles. The van der Waals surface area contributed by atoms with Crippen LogP contribution in [0.2, 0.25) is 0 Å². The Bertz CT molecular complexity index is 435. The minimum absolute atomic E-state index is 0.719. The predicted octanol–water partition coefficient (Wildman–Crippen LogP) is 2.28. The molecular formula is C15H23N3OS. The molecule has 0 saturated heterocycles. The van der Waals surface area contributed by atoms with E-state index < -0.39 is 0 Å². The van der Waals surface area contributed by atoms with E-state index in [1.54, 1.807) is 14.2 Å². The van der Waals surface area contributed by atoms with Crippen LogP contribution in [0.5, 0.6) is 5.75 Å². The first-order chi connectivity index (χ1) is 9.80. The number of rotatable bonds is 8. The number of guanidine groups is 1. The minimum Gasteiger partial charge on any atom is -0.497 e. The second-order valence-corrected chi connectivity index (χ2v) is 5.22. The first-order valence-electron chi connectivity index (χ1n) is 6.56. The van der Waals surface area contributed by atoms with Crippen molar-refractivity contribution in [3.05, 3.63) is 42.5 Å². The number of ether oxygens (including phenoxy) is 1. The molecule has 0 atom stereocenters. The topological polar surface area (TPSA) is 45.7 Å². The summed E-state index contributed by atoms with van der Waals surface area (Å²) in [6, 6.07) is 7.99. The molecule has 0 aliphatic heterocycles. The highest BCUT2D eigenvalue weighted by Gasteiger charge is 1.99. The van der Waals surface area contributed by atoms with Crippen molar-refractivity contribution in [2.75, 3.05) is 32.2 Å². The van der Waals surface area contributed by atoms with E-state index in [-0.39, 0.29) is 0 Å². The van der Waals surface area contributed by atoms with Gasteiger partial charge in [-0.15, -0.1) is 6.58 Å². The first-order valence-corrected chi connectivity index (χ1v) is 7.71. The van der Waals surface area contributed by atoms with Crippen molar-refractivity contribution >= 4 is 17.7 Å². The molecule has 20 heavy (non-hydrogen) atoms. The Hall–Kier alpha value is -1.62. The Morgan fingerprint density at radius 1 is 1.45 bits per heavy atom. The van der Waals surface area contributed by atoms with Crippen LogP contribution in [0.15, 0.2) is 41.9 Å². The third-order valence-electron chi connectivity index (χ3n) is 2.59. The molecule has 110 valence electrons. The van der Waals surface area contributed by atoms with E-state index in [4.69, 9.17) is 4.74 Å². The molecule has 2 N–H and O–H groups in total. The zero-order valence-corrected chi connectivity index (χ0v) is 13.0. The van der Waals surface area contributed by atoms with E-state index >= 15 is 0 Å². The van der Waals surface area contributed by atoms with Crippen LogP contribution in [0.1, 0.15) is 5.56 Å². The fourth-order valence-electron chi connectivity index (χ4n) is 1.60. The van der Waals surface area contributed by atoms with Crippen molar-refractivity contribution in [1.82, 2.24) is 10.6 Å². The first kappa shape index (κ1) is 16.4. The zero-order valence-electron chi connectivity index (χ0n) is 12.2. The van der Waals surface area contributed by atoms with Crippen molar-refractivity contribution < 1.29 is 4.74 Å². The fourth-order valence-corrected chi connectivity index (χ4v) is 2.18. The highest BCUT2D eigenvalue weighted by molar-refractivity contribution is 7.99. The summed E-state index contributed by atoms with van der Waals surface area (Å²) in [5, 5.41) is 6.56. The molecule has 0 bridgehead atoms. The van der Waals surface area contributed by atoms with Gasteiger partial charge in [-0.3, -0.25) is 4.99 Å². The second kappa shape index (κ2) is 10.2. The number of aliphatic imine (C=N–C) groups is 1. The van der Waals surface area contributed by atoms with Gasteiger partial charge in [-0.1, -0.05) is 18.2 Å². The lowest BCUT2D eigenvalue weighted by molar-refractivity contribution is 0.414. The molecular weight excluding hydrogens is 270 g/mol. The summed E-state index contributed by atoms with van der Waals surface area (Å²) in [4.78, 5) is 4.20. The Morgan fingerprint density at radius 2 is 2.30 bits per heavy atom. The molecule has 0 fully saturated rings. The van der Waals surface area contributed by atoms with Crippen molar-refractivity contribution in [3.8, 4) is 5.75 Å². The summed E-state index contributed by atoms with van der Waals surface area (Å²) in [6.07, 6.45) is 1.92. The number of hydrogen-bond donors (Lipinski definition) is 2. The Balaban J connectivity index is 2.31. The number of hydrogen-bond acceptors (Lipinski definition) is 3. The normalized spacial score (nSPS) is 11.0. The third kappa shape index (κ3) is 6.52. The Morgan fingerprint density at radius 3 is 3.00 bits per heavy atom. The average molecular weight is 293 g/mol. The molecule has 1 rings (SSSR count). The van der Waals surface area contributed by atoms with Crippen molar-refractivity contribution in [2.45, 2.75) is 6.54 Å². The highest BCUT2D eigenvalue weighted by atomic mass is 32.2. The van der Waals surface area contributed by atoms with Gasteiger partial charge in [0.05, 0.1) is 7.11 Å². The van der Waals surface area contributed by atoms with E-state index in [0.29, 0.717) is 0 Å². The number of methoxy groups -OCH3 is 1. The van der Waals surface area contributed by atoms with Gasteiger partial charge in [0.1, 0.15) is 5.75 Å². The summed E-state index contributed by atoms with van der Waals surface area (Å²) in [5.41, 5.74) is 1.16. The van der Waals surface area contributed by atoms with E-state index in [1.165, 1.54) is 0 Å². The molecule has 0 unspecified atom stereocenters. The number of thioether (sulfide) groups is 1. The van der Waals surface area contributed by atoms with E-state index in [0.717, 1.165) is 41.9 Å². The molecule has 4 nitrogen and oxygen atoms in total. The van der Waals surface area contributed by atoms with Crippen molar-refractivity contribution in [2.24, 2.45) is 4.99 Å². The minimum atomic E-state index is 0.719. The lowest BCUT2D eigenvalue weighted by Crippen LogP contribution is -2.37. The quantitative estimate of drug-likeness (QED) is 0.334. The van der Waals surface area contributed by atoms with Crippen LogP contribution in [-0.4, -0.2) is 38.2 Å². The van der Waals surface area contributed by atoms with Crippen LogP contribution in [0.3, 0.4) is 0 Å². The predicted molar refractivity (Wildman–Crippen MR) is 88.7 cm³/mol. The molecule has 1 aromatic rings. The van der Waals surface area contributed by atoms with Crippen LogP contribution in [0.4, 0.5) is 0 Å². The molecule has 0 aliphatic carbocycles. The largest absolute Gasteiger partial charge is 0.497 e. The Labute approximate surface area is 125 Å². The maximum atomic E-state index is 5.21. The molecule has 0 aromatic heterocycles. The van der Waals surface area contributed by atoms with Gasteiger partial charge >= 0.3 is 0 Å². The average Bonchev–Trinajstić information content (AvgIpc) is 2.50. The number of benzene rings is 1. The summed E-state index contributed by atoms with van der Waals surface area (Å²) in [5.74, 6) is 3.70. The Kier molecular flexibility index (Phi) is 8.38. The fraction of sp³-hybridized carbons (Fsp3) is 0.400. The maximum Gasteiger partial charge on any atom is 0.191 e. The smallest absolute Gasteiger partial charge is 0.191 e. The molecule has 0 radical (unpaired) electrons. The highest BCUT2D eigenvalue weighted by Crippen LogP contribution is 2.11. The standard InChI is InChI=1S/C15H23N3OS/c1-4-9-20-10-8-17-15(16-2)18-12-13-6-5-7-14(11-13)19-3/h4-7,11H,1,8-10,12H2,2-3H3,(H2,16,17,18). The van der Waals surface area contributed by atoms with Gasteiger partial charge in [0.25, 0.3) is 0 Å². The van der Waals surface area contributed by atoms with Crippen LogP contribution in [0.25, 0.3) is 0 Å². The second-order valence-electron chi connectivity index (χ2n) is 4.07. The van der Waals surface area contributed by atoms with Gasteiger partial charge in [-0.25, -0.2) is 0 Å². The van der Waals surface area contributed by atoms with Gasteiger partial charge in [0.2, 0.25) is 0 Å². The van der Waals surface area contributed by atoms with Crippen LogP contribution >= 0.6 is 11.8 Å². The van der Waals surface area contributed by atoms with Gasteiger partial charge in [-0.05, 0) is 17.7 Å². The molecule has 0 heterocycles. The molecule has 0 spiro atoms. The SMILES string of the molecule is C=CCSCCNC(=NC)NCc1cccc(OC)c1. The number of nitrogens with one attached hydrogen (secondary N) is 2. The van der Waals surface area contributed by atoms with Crippen LogP contribution in [0, 0.1) is 0 Å². The van der Waals surface area contributed by atoms with Gasteiger partial charge in [0, 0.05) is 31.6 Å². The molecule has 0 aliphatic rings. The van der Waals surface area contributed by atoms with E-state index in [9.17, 15) is 0 Å².